The second-order valence-electron chi connectivity index (χ2n) is 4.42. The third kappa shape index (κ3) is 4.10. The van der Waals surface area contributed by atoms with E-state index in [0.717, 1.165) is 5.56 Å². The van der Waals surface area contributed by atoms with Crippen molar-refractivity contribution < 1.29 is 9.13 Å². The van der Waals surface area contributed by atoms with E-state index < -0.39 is 0 Å². The summed E-state index contributed by atoms with van der Waals surface area (Å²) in [6.45, 7) is 0.647. The number of halogens is 4. The van der Waals surface area contributed by atoms with Gasteiger partial charge in [-0.3, -0.25) is 0 Å². The molecule has 2 N–H and O–H groups in total. The number of ether oxygens (including phenoxy) is 1. The third-order valence-corrected chi connectivity index (χ3v) is 4.29. The first-order chi connectivity index (χ1) is 10.0. The molecule has 0 spiro atoms. The van der Waals surface area contributed by atoms with Gasteiger partial charge in [-0.05, 0) is 52.7 Å². The summed E-state index contributed by atoms with van der Waals surface area (Å²) < 4.78 is 19.6. The first-order valence-electron chi connectivity index (χ1n) is 6.26. The number of nitrogens with two attached hydrogens (primary N) is 1. The van der Waals surface area contributed by atoms with E-state index in [1.54, 1.807) is 24.3 Å². The van der Waals surface area contributed by atoms with Crippen molar-refractivity contribution in [3.05, 3.63) is 61.8 Å². The predicted molar refractivity (Wildman–Crippen MR) is 87.7 cm³/mol. The van der Waals surface area contributed by atoms with E-state index in [1.807, 2.05) is 0 Å². The topological polar surface area (TPSA) is 35.2 Å². The molecule has 0 saturated heterocycles. The Morgan fingerprint density at radius 2 is 1.95 bits per heavy atom. The monoisotopic (exact) mass is 391 g/mol. The molecular formula is C15H13BrCl2FNO. The smallest absolute Gasteiger partial charge is 0.141 e. The molecule has 0 fully saturated rings. The Kier molecular flexibility index (Phi) is 5.88. The molecule has 2 aromatic rings. The zero-order chi connectivity index (χ0) is 15.4. The Labute approximate surface area is 141 Å². The molecule has 2 nitrogen and oxygen atoms in total. The van der Waals surface area contributed by atoms with Crippen molar-refractivity contribution in [1.29, 1.82) is 0 Å². The fourth-order valence-electron chi connectivity index (χ4n) is 1.93. The van der Waals surface area contributed by atoms with Crippen LogP contribution in [0.1, 0.15) is 11.1 Å². The van der Waals surface area contributed by atoms with Crippen LogP contribution in [0.15, 0.2) is 34.8 Å². The number of hydrogen-bond donors (Lipinski definition) is 1. The van der Waals surface area contributed by atoms with Gasteiger partial charge in [0.1, 0.15) is 18.2 Å². The Balaban J connectivity index is 2.25. The largest absolute Gasteiger partial charge is 0.487 e. The van der Waals surface area contributed by atoms with E-state index in [9.17, 15) is 4.39 Å². The van der Waals surface area contributed by atoms with Crippen LogP contribution in [0.5, 0.6) is 5.75 Å². The lowest BCUT2D eigenvalue weighted by Crippen LogP contribution is -2.06. The summed E-state index contributed by atoms with van der Waals surface area (Å²) in [5, 5.41) is 0.946. The van der Waals surface area contributed by atoms with Crippen molar-refractivity contribution >= 4 is 39.1 Å². The van der Waals surface area contributed by atoms with Crippen LogP contribution in [0.3, 0.4) is 0 Å². The fourth-order valence-corrected chi connectivity index (χ4v) is 2.90. The van der Waals surface area contributed by atoms with Gasteiger partial charge in [-0.25, -0.2) is 4.39 Å². The van der Waals surface area contributed by atoms with Crippen LogP contribution in [0.4, 0.5) is 4.39 Å². The maximum absolute atomic E-state index is 13.5. The van der Waals surface area contributed by atoms with E-state index in [-0.39, 0.29) is 12.4 Å². The Morgan fingerprint density at radius 3 is 2.67 bits per heavy atom. The number of benzene rings is 2. The molecule has 112 valence electrons. The predicted octanol–water partition coefficient (Wildman–Crippen LogP) is 4.98. The molecule has 0 unspecified atom stereocenters. The molecule has 0 radical (unpaired) electrons. The minimum absolute atomic E-state index is 0.192. The van der Waals surface area contributed by atoms with Crippen LogP contribution < -0.4 is 10.5 Å². The van der Waals surface area contributed by atoms with E-state index >= 15 is 0 Å². The zero-order valence-electron chi connectivity index (χ0n) is 11.0. The van der Waals surface area contributed by atoms with Gasteiger partial charge in [0.05, 0.1) is 9.50 Å². The quantitative estimate of drug-likeness (QED) is 0.779. The van der Waals surface area contributed by atoms with Crippen molar-refractivity contribution in [2.45, 2.75) is 13.0 Å². The summed E-state index contributed by atoms with van der Waals surface area (Å²) in [5.74, 6) is 0.197. The molecule has 2 aromatic carbocycles. The highest BCUT2D eigenvalue weighted by Crippen LogP contribution is 2.34. The molecule has 0 aliphatic carbocycles. The molecule has 2 rings (SSSR count). The van der Waals surface area contributed by atoms with Gasteiger partial charge in [-0.2, -0.15) is 0 Å². The molecule has 0 aromatic heterocycles. The number of hydrogen-bond acceptors (Lipinski definition) is 2. The molecule has 0 amide bonds. The summed E-state index contributed by atoms with van der Waals surface area (Å²) in [6.07, 6.45) is 0.597. The van der Waals surface area contributed by atoms with E-state index in [1.165, 1.54) is 6.07 Å². The van der Waals surface area contributed by atoms with E-state index in [4.69, 9.17) is 33.7 Å². The van der Waals surface area contributed by atoms with Gasteiger partial charge in [0.2, 0.25) is 0 Å². The van der Waals surface area contributed by atoms with Gasteiger partial charge in [0.25, 0.3) is 0 Å². The SMILES string of the molecule is NCCc1cc(Cl)cc(Cl)c1OCc1cccc(F)c1Br. The molecular weight excluding hydrogens is 380 g/mol. The Bertz CT molecular complexity index is 652. The normalized spacial score (nSPS) is 10.7. The van der Waals surface area contributed by atoms with Crippen LogP contribution in [0, 0.1) is 5.82 Å². The molecule has 21 heavy (non-hydrogen) atoms. The first-order valence-corrected chi connectivity index (χ1v) is 7.81. The van der Waals surface area contributed by atoms with Crippen LogP contribution in [-0.2, 0) is 13.0 Å². The molecule has 0 bridgehead atoms. The highest BCUT2D eigenvalue weighted by Gasteiger charge is 2.12. The van der Waals surface area contributed by atoms with Crippen molar-refractivity contribution in [2.75, 3.05) is 6.54 Å². The lowest BCUT2D eigenvalue weighted by atomic mass is 10.1. The molecule has 0 atom stereocenters. The Hall–Kier alpha value is -0.810. The summed E-state index contributed by atoms with van der Waals surface area (Å²) >= 11 is 15.4. The minimum atomic E-state index is -0.333. The second-order valence-corrected chi connectivity index (χ2v) is 6.05. The average Bonchev–Trinajstić information content (AvgIpc) is 2.42. The first kappa shape index (κ1) is 16.6. The van der Waals surface area contributed by atoms with Gasteiger partial charge in [-0.1, -0.05) is 35.3 Å². The summed E-state index contributed by atoms with van der Waals surface area (Å²) in [7, 11) is 0. The lowest BCUT2D eigenvalue weighted by Gasteiger charge is -2.14. The van der Waals surface area contributed by atoms with Gasteiger partial charge >= 0.3 is 0 Å². The van der Waals surface area contributed by atoms with Crippen molar-refractivity contribution in [3.63, 3.8) is 0 Å². The van der Waals surface area contributed by atoms with Gasteiger partial charge in [0, 0.05) is 10.6 Å². The maximum atomic E-state index is 13.5. The molecule has 0 heterocycles. The van der Waals surface area contributed by atoms with Crippen molar-refractivity contribution in [2.24, 2.45) is 5.73 Å². The zero-order valence-corrected chi connectivity index (χ0v) is 14.1. The summed E-state index contributed by atoms with van der Waals surface area (Å²) in [5.41, 5.74) is 7.11. The van der Waals surface area contributed by atoms with Gasteiger partial charge in [0.15, 0.2) is 0 Å². The highest BCUT2D eigenvalue weighted by molar-refractivity contribution is 9.10. The number of rotatable bonds is 5. The average molecular weight is 393 g/mol. The standard InChI is InChI=1S/C15H13BrCl2FNO/c16-14-10(2-1-3-13(14)19)8-21-15-9(4-5-20)6-11(17)7-12(15)18/h1-3,6-7H,4-5,8,20H2. The maximum Gasteiger partial charge on any atom is 0.141 e. The van der Waals surface area contributed by atoms with Crippen molar-refractivity contribution in [3.8, 4) is 5.75 Å². The van der Waals surface area contributed by atoms with Gasteiger partial charge < -0.3 is 10.5 Å². The Morgan fingerprint density at radius 1 is 1.19 bits per heavy atom. The van der Waals surface area contributed by atoms with Crippen LogP contribution >= 0.6 is 39.1 Å². The molecule has 6 heteroatoms. The minimum Gasteiger partial charge on any atom is -0.487 e. The van der Waals surface area contributed by atoms with Crippen LogP contribution in [0.2, 0.25) is 10.0 Å². The molecule has 0 aliphatic heterocycles. The molecule has 0 aliphatic rings. The van der Waals surface area contributed by atoms with Gasteiger partial charge in [-0.15, -0.1) is 0 Å². The third-order valence-electron chi connectivity index (χ3n) is 2.90. The fraction of sp³-hybridized carbons (Fsp3) is 0.200. The van der Waals surface area contributed by atoms with Crippen molar-refractivity contribution in [1.82, 2.24) is 0 Å². The second kappa shape index (κ2) is 7.45. The summed E-state index contributed by atoms with van der Waals surface area (Å²) in [4.78, 5) is 0. The van der Waals surface area contributed by atoms with Crippen LogP contribution in [-0.4, -0.2) is 6.54 Å². The molecule has 0 saturated carbocycles. The summed E-state index contributed by atoms with van der Waals surface area (Å²) in [6, 6.07) is 8.17. The van der Waals surface area contributed by atoms with E-state index in [0.29, 0.717) is 38.8 Å². The van der Waals surface area contributed by atoms with Crippen LogP contribution in [0.25, 0.3) is 0 Å². The highest BCUT2D eigenvalue weighted by atomic mass is 79.9. The lowest BCUT2D eigenvalue weighted by molar-refractivity contribution is 0.301. The van der Waals surface area contributed by atoms with E-state index in [2.05, 4.69) is 15.9 Å².